The monoisotopic (exact) mass is 251 g/mol. The van der Waals surface area contributed by atoms with E-state index in [2.05, 4.69) is 34.0 Å². The van der Waals surface area contributed by atoms with E-state index in [4.69, 9.17) is 5.73 Å². The third kappa shape index (κ3) is 5.31. The second-order valence-corrected chi connectivity index (χ2v) is 5.88. The minimum atomic E-state index is -0.255. The predicted molar refractivity (Wildman–Crippen MR) is 76.9 cm³/mol. The van der Waals surface area contributed by atoms with Crippen molar-refractivity contribution in [3.8, 4) is 0 Å². The topological polar surface area (TPSA) is 67.1 Å². The van der Waals surface area contributed by atoms with Crippen LogP contribution in [0.15, 0.2) is 12.4 Å². The molecule has 0 aliphatic heterocycles. The number of hydrogen-bond donors (Lipinski definition) is 2. The Balaban J connectivity index is 2.67. The van der Waals surface area contributed by atoms with Crippen molar-refractivity contribution < 1.29 is 0 Å². The van der Waals surface area contributed by atoms with Crippen molar-refractivity contribution in [1.82, 2.24) is 9.97 Å². The van der Waals surface area contributed by atoms with E-state index in [0.717, 1.165) is 18.2 Å². The van der Waals surface area contributed by atoms with Gasteiger partial charge >= 0.3 is 0 Å². The van der Waals surface area contributed by atoms with Crippen LogP contribution in [0, 0.1) is 5.92 Å². The van der Waals surface area contributed by atoms with Gasteiger partial charge in [0.25, 0.3) is 0 Å². The van der Waals surface area contributed by atoms with E-state index in [0.29, 0.717) is 12.5 Å². The van der Waals surface area contributed by atoms with Gasteiger partial charge in [0.1, 0.15) is 18.0 Å². The minimum Gasteiger partial charge on any atom is -0.368 e. The highest BCUT2D eigenvalue weighted by molar-refractivity contribution is 5.48. The Morgan fingerprint density at radius 2 is 2.06 bits per heavy atom. The highest BCUT2D eigenvalue weighted by Crippen LogP contribution is 2.14. The van der Waals surface area contributed by atoms with Crippen LogP contribution >= 0.6 is 0 Å². The molecule has 0 atom stereocenters. The second-order valence-electron chi connectivity index (χ2n) is 5.88. The molecule has 5 heteroatoms. The van der Waals surface area contributed by atoms with Gasteiger partial charge in [-0.05, 0) is 19.8 Å². The number of aromatic nitrogens is 2. The van der Waals surface area contributed by atoms with Crippen molar-refractivity contribution in [2.45, 2.75) is 33.2 Å². The quantitative estimate of drug-likeness (QED) is 0.806. The number of anilines is 2. The highest BCUT2D eigenvalue weighted by Gasteiger charge is 2.11. The van der Waals surface area contributed by atoms with Crippen LogP contribution in [0.25, 0.3) is 0 Å². The van der Waals surface area contributed by atoms with Gasteiger partial charge < -0.3 is 16.0 Å². The Labute approximate surface area is 110 Å². The number of nitrogens with two attached hydrogens (primary N) is 1. The molecule has 102 valence electrons. The van der Waals surface area contributed by atoms with Crippen LogP contribution in [0.5, 0.6) is 0 Å². The average Bonchev–Trinajstić information content (AvgIpc) is 2.25. The molecule has 18 heavy (non-hydrogen) atoms. The molecule has 1 heterocycles. The summed E-state index contributed by atoms with van der Waals surface area (Å²) in [6.45, 7) is 9.98. The Morgan fingerprint density at radius 3 is 2.61 bits per heavy atom. The van der Waals surface area contributed by atoms with E-state index >= 15 is 0 Å². The second kappa shape index (κ2) is 6.00. The Kier molecular flexibility index (Phi) is 4.90. The molecule has 1 aromatic heterocycles. The molecule has 0 spiro atoms. The summed E-state index contributed by atoms with van der Waals surface area (Å²) in [4.78, 5) is 10.6. The van der Waals surface area contributed by atoms with Crippen LogP contribution in [0.2, 0.25) is 0 Å². The number of rotatable bonds is 6. The highest BCUT2D eigenvalue weighted by atomic mass is 15.2. The molecule has 0 aliphatic carbocycles. The maximum Gasteiger partial charge on any atom is 0.133 e. The van der Waals surface area contributed by atoms with E-state index in [1.165, 1.54) is 0 Å². The zero-order valence-electron chi connectivity index (χ0n) is 12.1. The summed E-state index contributed by atoms with van der Waals surface area (Å²) >= 11 is 0. The Hall–Kier alpha value is -1.36. The van der Waals surface area contributed by atoms with Crippen molar-refractivity contribution in [1.29, 1.82) is 0 Å². The molecule has 0 aliphatic rings. The van der Waals surface area contributed by atoms with Crippen LogP contribution in [0.1, 0.15) is 27.7 Å². The molecular formula is C13H25N5. The van der Waals surface area contributed by atoms with E-state index in [9.17, 15) is 0 Å². The number of hydrogen-bond acceptors (Lipinski definition) is 5. The molecule has 3 N–H and O–H groups in total. The average molecular weight is 251 g/mol. The lowest BCUT2D eigenvalue weighted by molar-refractivity contribution is 0.548. The fourth-order valence-corrected chi connectivity index (χ4v) is 1.61. The molecule has 0 radical (unpaired) electrons. The first-order valence-electron chi connectivity index (χ1n) is 6.34. The minimum absolute atomic E-state index is 0.255. The van der Waals surface area contributed by atoms with E-state index < -0.39 is 0 Å². The standard InChI is InChI=1S/C13H25N5/c1-10(2)7-18(5)12-6-11(16-9-17-12)15-8-13(3,4)14/h6,9-10H,7-8,14H2,1-5H3,(H,15,16,17). The van der Waals surface area contributed by atoms with Crippen molar-refractivity contribution in [3.63, 3.8) is 0 Å². The predicted octanol–water partition coefficient (Wildman–Crippen LogP) is 1.72. The Morgan fingerprint density at radius 1 is 1.39 bits per heavy atom. The molecule has 1 aromatic rings. The third-order valence-corrected chi connectivity index (χ3v) is 2.41. The number of nitrogens with one attached hydrogen (secondary N) is 1. The first kappa shape index (κ1) is 14.7. The maximum absolute atomic E-state index is 5.93. The SMILES string of the molecule is CC(C)CN(C)c1cc(NCC(C)(C)N)ncn1. The Bertz CT molecular complexity index is 370. The summed E-state index contributed by atoms with van der Waals surface area (Å²) in [7, 11) is 2.04. The molecule has 0 amide bonds. The van der Waals surface area contributed by atoms with Gasteiger partial charge in [-0.1, -0.05) is 13.8 Å². The maximum atomic E-state index is 5.93. The first-order chi connectivity index (χ1) is 8.28. The number of nitrogens with zero attached hydrogens (tertiary/aromatic N) is 3. The third-order valence-electron chi connectivity index (χ3n) is 2.41. The summed E-state index contributed by atoms with van der Waals surface area (Å²) in [5.41, 5.74) is 5.68. The van der Waals surface area contributed by atoms with Crippen LogP contribution < -0.4 is 16.0 Å². The van der Waals surface area contributed by atoms with Crippen LogP contribution in [0.3, 0.4) is 0 Å². The van der Waals surface area contributed by atoms with Gasteiger partial charge in [0.2, 0.25) is 0 Å². The molecule has 0 saturated carbocycles. The van der Waals surface area contributed by atoms with Gasteiger partial charge in [-0.3, -0.25) is 0 Å². The van der Waals surface area contributed by atoms with Gasteiger partial charge in [-0.2, -0.15) is 0 Å². The molecule has 0 aromatic carbocycles. The van der Waals surface area contributed by atoms with Crippen LogP contribution in [-0.2, 0) is 0 Å². The van der Waals surface area contributed by atoms with Gasteiger partial charge in [0, 0.05) is 31.7 Å². The summed E-state index contributed by atoms with van der Waals surface area (Å²) < 4.78 is 0. The molecule has 0 saturated heterocycles. The molecule has 0 bridgehead atoms. The molecular weight excluding hydrogens is 226 g/mol. The summed E-state index contributed by atoms with van der Waals surface area (Å²) in [6, 6.07) is 1.95. The summed E-state index contributed by atoms with van der Waals surface area (Å²) in [5, 5.41) is 3.23. The largest absolute Gasteiger partial charge is 0.368 e. The zero-order chi connectivity index (χ0) is 13.8. The fourth-order valence-electron chi connectivity index (χ4n) is 1.61. The summed E-state index contributed by atoms with van der Waals surface area (Å²) in [6.07, 6.45) is 1.58. The first-order valence-corrected chi connectivity index (χ1v) is 6.34. The van der Waals surface area contributed by atoms with E-state index in [-0.39, 0.29) is 5.54 Å². The van der Waals surface area contributed by atoms with Crippen molar-refractivity contribution in [2.75, 3.05) is 30.4 Å². The van der Waals surface area contributed by atoms with Gasteiger partial charge in [0.15, 0.2) is 0 Å². The van der Waals surface area contributed by atoms with Gasteiger partial charge in [-0.15, -0.1) is 0 Å². The van der Waals surface area contributed by atoms with Crippen molar-refractivity contribution in [2.24, 2.45) is 11.7 Å². The van der Waals surface area contributed by atoms with E-state index in [1.807, 2.05) is 27.0 Å². The van der Waals surface area contributed by atoms with Gasteiger partial charge in [0.05, 0.1) is 0 Å². The lowest BCUT2D eigenvalue weighted by Crippen LogP contribution is -2.39. The van der Waals surface area contributed by atoms with Crippen molar-refractivity contribution >= 4 is 11.6 Å². The molecule has 1 rings (SSSR count). The fraction of sp³-hybridized carbons (Fsp3) is 0.692. The van der Waals surface area contributed by atoms with Crippen molar-refractivity contribution in [3.05, 3.63) is 12.4 Å². The summed E-state index contributed by atoms with van der Waals surface area (Å²) in [5.74, 6) is 2.34. The normalized spacial score (nSPS) is 11.7. The molecule has 0 fully saturated rings. The molecule has 5 nitrogen and oxygen atoms in total. The van der Waals surface area contributed by atoms with Crippen LogP contribution in [0.4, 0.5) is 11.6 Å². The smallest absolute Gasteiger partial charge is 0.133 e. The van der Waals surface area contributed by atoms with E-state index in [1.54, 1.807) is 6.33 Å². The zero-order valence-corrected chi connectivity index (χ0v) is 12.1. The lowest BCUT2D eigenvalue weighted by Gasteiger charge is -2.22. The lowest BCUT2D eigenvalue weighted by atomic mass is 10.1. The van der Waals surface area contributed by atoms with Crippen LogP contribution in [-0.4, -0.2) is 35.6 Å². The molecule has 0 unspecified atom stereocenters. The van der Waals surface area contributed by atoms with Gasteiger partial charge in [-0.25, -0.2) is 9.97 Å².